The Morgan fingerprint density at radius 3 is 2.80 bits per heavy atom. The summed E-state index contributed by atoms with van der Waals surface area (Å²) in [6, 6.07) is 11.8. The van der Waals surface area contributed by atoms with E-state index in [4.69, 9.17) is 32.9 Å². The Bertz CT molecular complexity index is 1470. The summed E-state index contributed by atoms with van der Waals surface area (Å²) in [5.74, 6) is 0.270. The van der Waals surface area contributed by atoms with Gasteiger partial charge >= 0.3 is 12.2 Å². The molecule has 0 aliphatic carbocycles. The van der Waals surface area contributed by atoms with E-state index in [2.05, 4.69) is 20.4 Å². The molecule has 2 aromatic carbocycles. The van der Waals surface area contributed by atoms with Crippen molar-refractivity contribution in [2.75, 3.05) is 24.3 Å². The Morgan fingerprint density at radius 2 is 2.02 bits per heavy atom. The van der Waals surface area contributed by atoms with Crippen molar-refractivity contribution in [2.45, 2.75) is 37.8 Å². The number of amides is 3. The third-order valence-electron chi connectivity index (χ3n) is 6.74. The van der Waals surface area contributed by atoms with Crippen molar-refractivity contribution in [1.82, 2.24) is 14.9 Å². The first-order valence-corrected chi connectivity index (χ1v) is 13.5. The maximum Gasteiger partial charge on any atom is 0.411 e. The van der Waals surface area contributed by atoms with Crippen LogP contribution in [0.15, 0.2) is 54.6 Å². The molecule has 5 rings (SSSR count). The quantitative estimate of drug-likeness (QED) is 0.289. The number of allylic oxidation sites excluding steroid dienone is 1. The van der Waals surface area contributed by atoms with E-state index in [1.807, 2.05) is 24.3 Å². The van der Waals surface area contributed by atoms with Gasteiger partial charge < -0.3 is 19.8 Å². The zero-order valence-electron chi connectivity index (χ0n) is 21.6. The molecule has 0 saturated carbocycles. The predicted molar refractivity (Wildman–Crippen MR) is 151 cm³/mol. The standard InChI is InChI=1S/C28H27Cl2N5O5/c1-39-27(37)31-18-10-11-19-20(15-18)32-23(36)9-4-2-3-8-21(26-33-24(19)25(30)34-26)35-13-12-22(40-28(35)38)16-6-5-7-17(29)14-16/h2-3,5-7,10-11,14-15,21-22H,4,8-9,12-13H2,1H3,(H,31,37)(H,32,36)(H,33,34)/b3-2+. The fourth-order valence-corrected chi connectivity index (χ4v) is 5.22. The molecule has 12 heteroatoms. The number of imidazole rings is 1. The Kier molecular flexibility index (Phi) is 8.27. The molecule has 40 heavy (non-hydrogen) atoms. The largest absolute Gasteiger partial charge is 0.453 e. The van der Waals surface area contributed by atoms with Crippen LogP contribution in [-0.4, -0.2) is 46.6 Å². The van der Waals surface area contributed by atoms with Crippen LogP contribution in [0.2, 0.25) is 10.2 Å². The minimum Gasteiger partial charge on any atom is -0.453 e. The molecular weight excluding hydrogens is 557 g/mol. The number of halogens is 2. The summed E-state index contributed by atoms with van der Waals surface area (Å²) in [6.45, 7) is 0.432. The average molecular weight is 584 g/mol. The van der Waals surface area contributed by atoms with Crippen molar-refractivity contribution in [2.24, 2.45) is 0 Å². The Balaban J connectivity index is 1.47. The van der Waals surface area contributed by atoms with Gasteiger partial charge in [0.2, 0.25) is 5.91 Å². The van der Waals surface area contributed by atoms with Gasteiger partial charge in [0.1, 0.15) is 22.8 Å². The second-order valence-electron chi connectivity index (χ2n) is 9.38. The van der Waals surface area contributed by atoms with E-state index in [9.17, 15) is 14.4 Å². The highest BCUT2D eigenvalue weighted by molar-refractivity contribution is 6.32. The molecule has 3 aromatic rings. The second-order valence-corrected chi connectivity index (χ2v) is 10.2. The molecule has 3 N–H and O–H groups in total. The van der Waals surface area contributed by atoms with E-state index in [-0.39, 0.29) is 17.5 Å². The van der Waals surface area contributed by atoms with E-state index in [1.54, 1.807) is 35.2 Å². The number of methoxy groups -OCH3 is 1. The molecule has 2 aliphatic rings. The van der Waals surface area contributed by atoms with E-state index >= 15 is 0 Å². The summed E-state index contributed by atoms with van der Waals surface area (Å²) in [7, 11) is 1.26. The van der Waals surface area contributed by atoms with Crippen LogP contribution >= 0.6 is 23.2 Å². The first-order valence-electron chi connectivity index (χ1n) is 12.7. The summed E-state index contributed by atoms with van der Waals surface area (Å²) >= 11 is 12.8. The number of carbonyl (C=O) groups is 3. The highest BCUT2D eigenvalue weighted by Gasteiger charge is 2.35. The van der Waals surface area contributed by atoms with E-state index in [0.29, 0.717) is 59.3 Å². The number of cyclic esters (lactones) is 1. The molecule has 1 saturated heterocycles. The molecule has 0 radical (unpaired) electrons. The lowest BCUT2D eigenvalue weighted by atomic mass is 10.0. The lowest BCUT2D eigenvalue weighted by Crippen LogP contribution is -2.41. The van der Waals surface area contributed by atoms with Crippen LogP contribution in [0.4, 0.5) is 21.0 Å². The summed E-state index contributed by atoms with van der Waals surface area (Å²) < 4.78 is 10.5. The number of H-pyrrole nitrogens is 1. The van der Waals surface area contributed by atoms with Crippen LogP contribution in [0.25, 0.3) is 11.3 Å². The summed E-state index contributed by atoms with van der Waals surface area (Å²) in [5.41, 5.74) is 2.62. The number of rotatable bonds is 3. The molecule has 0 spiro atoms. The minimum absolute atomic E-state index is 0.213. The molecule has 2 aliphatic heterocycles. The van der Waals surface area contributed by atoms with Crippen LogP contribution in [0.5, 0.6) is 0 Å². The first-order chi connectivity index (χ1) is 19.3. The normalized spacial score (nSPS) is 20.1. The summed E-state index contributed by atoms with van der Waals surface area (Å²) in [4.78, 5) is 47.2. The first kappa shape index (κ1) is 27.5. The Labute approximate surface area is 240 Å². The van der Waals surface area contributed by atoms with Crippen LogP contribution in [0.3, 0.4) is 0 Å². The monoisotopic (exact) mass is 583 g/mol. The lowest BCUT2D eigenvalue weighted by molar-refractivity contribution is -0.116. The van der Waals surface area contributed by atoms with E-state index < -0.39 is 24.3 Å². The maximum atomic E-state index is 13.3. The number of nitrogens with zero attached hydrogens (tertiary/aromatic N) is 2. The average Bonchev–Trinajstić information content (AvgIpc) is 3.31. The number of hydrogen-bond donors (Lipinski definition) is 3. The van der Waals surface area contributed by atoms with Crippen molar-refractivity contribution >= 4 is 52.7 Å². The summed E-state index contributed by atoms with van der Waals surface area (Å²) in [5, 5.41) is 6.30. The van der Waals surface area contributed by atoms with Gasteiger partial charge in [-0.2, -0.15) is 0 Å². The number of aromatic amines is 1. The van der Waals surface area contributed by atoms with E-state index in [0.717, 1.165) is 5.56 Å². The number of aromatic nitrogens is 2. The van der Waals surface area contributed by atoms with Gasteiger partial charge in [-0.25, -0.2) is 14.6 Å². The third-order valence-corrected chi connectivity index (χ3v) is 7.25. The Morgan fingerprint density at radius 1 is 1.18 bits per heavy atom. The molecule has 2 bridgehead atoms. The van der Waals surface area contributed by atoms with Gasteiger partial charge in [0.15, 0.2) is 0 Å². The van der Waals surface area contributed by atoms with Crippen LogP contribution < -0.4 is 10.6 Å². The number of fused-ring (bicyclic) bond motifs is 4. The van der Waals surface area contributed by atoms with Crippen molar-refractivity contribution in [3.63, 3.8) is 0 Å². The number of carbonyl (C=O) groups excluding carboxylic acids is 3. The number of anilines is 2. The van der Waals surface area contributed by atoms with Gasteiger partial charge in [-0.1, -0.05) is 47.5 Å². The smallest absolute Gasteiger partial charge is 0.411 e. The van der Waals surface area contributed by atoms with Gasteiger partial charge in [-0.15, -0.1) is 0 Å². The SMILES string of the molecule is COC(=O)Nc1ccc2c(c1)NC(=O)CC/C=C/CC(N1CCC(c3cccc(Cl)c3)OC1=O)c1nc-2c(Cl)[nH]1. The van der Waals surface area contributed by atoms with Gasteiger partial charge in [-0.3, -0.25) is 15.0 Å². The maximum absolute atomic E-state index is 13.3. The summed E-state index contributed by atoms with van der Waals surface area (Å²) in [6.07, 6.45) is 4.06. The van der Waals surface area contributed by atoms with Gasteiger partial charge in [0.05, 0.1) is 18.8 Å². The fraction of sp³-hybridized carbons (Fsp3) is 0.286. The topological polar surface area (TPSA) is 126 Å². The molecular formula is C28H27Cl2N5O5. The van der Waals surface area contributed by atoms with Crippen molar-refractivity contribution in [3.05, 3.63) is 76.2 Å². The molecule has 1 aromatic heterocycles. The van der Waals surface area contributed by atoms with Crippen molar-refractivity contribution in [1.29, 1.82) is 0 Å². The molecule has 2 unspecified atom stereocenters. The highest BCUT2D eigenvalue weighted by Crippen LogP contribution is 2.38. The molecule has 208 valence electrons. The lowest BCUT2D eigenvalue weighted by Gasteiger charge is -2.36. The third kappa shape index (κ3) is 6.08. The Hall–Kier alpha value is -4.02. The highest BCUT2D eigenvalue weighted by atomic mass is 35.5. The fourth-order valence-electron chi connectivity index (χ4n) is 4.78. The zero-order valence-corrected chi connectivity index (χ0v) is 23.1. The minimum atomic E-state index is -0.644. The van der Waals surface area contributed by atoms with Crippen LogP contribution in [0.1, 0.15) is 49.2 Å². The predicted octanol–water partition coefficient (Wildman–Crippen LogP) is 6.87. The van der Waals surface area contributed by atoms with Crippen LogP contribution in [-0.2, 0) is 14.3 Å². The number of nitrogens with one attached hydrogen (secondary N) is 3. The molecule has 3 amide bonds. The molecule has 2 atom stereocenters. The molecule has 10 nitrogen and oxygen atoms in total. The van der Waals surface area contributed by atoms with Gasteiger partial charge in [-0.05, 0) is 48.7 Å². The number of hydrogen-bond acceptors (Lipinski definition) is 6. The molecule has 3 heterocycles. The second kappa shape index (κ2) is 12.0. The number of benzene rings is 2. The number of ether oxygens (including phenoxy) is 2. The van der Waals surface area contributed by atoms with E-state index in [1.165, 1.54) is 7.11 Å². The van der Waals surface area contributed by atoms with Crippen molar-refractivity contribution < 1.29 is 23.9 Å². The van der Waals surface area contributed by atoms with Gasteiger partial charge in [0, 0.05) is 35.7 Å². The van der Waals surface area contributed by atoms with Crippen molar-refractivity contribution in [3.8, 4) is 11.3 Å². The zero-order chi connectivity index (χ0) is 28.2. The van der Waals surface area contributed by atoms with Gasteiger partial charge in [0.25, 0.3) is 0 Å². The molecule has 1 fully saturated rings. The van der Waals surface area contributed by atoms with Crippen LogP contribution in [0, 0.1) is 0 Å².